The van der Waals surface area contributed by atoms with Gasteiger partial charge in [-0.05, 0) is 36.5 Å². The largest absolute Gasteiger partial charge is 0.291 e. The summed E-state index contributed by atoms with van der Waals surface area (Å²) in [5.74, 6) is -0.759. The van der Waals surface area contributed by atoms with Crippen LogP contribution in [0.2, 0.25) is 0 Å². The summed E-state index contributed by atoms with van der Waals surface area (Å²) >= 11 is 0. The lowest BCUT2D eigenvalue weighted by Gasteiger charge is -2.01. The SMILES string of the molecule is CC(=O)C(C)=O.[CH2]c1ccccc1.c1ccc(CCc2ccccc2)cc1. The van der Waals surface area contributed by atoms with Crippen molar-refractivity contribution in [2.45, 2.75) is 26.7 Å². The quantitative estimate of drug-likeness (QED) is 0.576. The second kappa shape index (κ2) is 13.2. The highest BCUT2D eigenvalue weighted by Gasteiger charge is 1.94. The van der Waals surface area contributed by atoms with Gasteiger partial charge in [0.05, 0.1) is 0 Å². The van der Waals surface area contributed by atoms with Crippen LogP contribution >= 0.6 is 0 Å². The molecule has 2 heteroatoms. The number of hydrogen-bond acceptors (Lipinski definition) is 2. The standard InChI is InChI=1S/C14H14.C7H7.C4H6O2/c1-3-7-13(8-4-1)11-12-14-9-5-2-6-10-14;1-7-5-3-2-4-6-7;1-3(5)4(2)6/h1-10H,11-12H2;2-6H,1H2;1-2H3. The lowest BCUT2D eigenvalue weighted by molar-refractivity contribution is -0.134. The third-order valence-corrected chi connectivity index (χ3v) is 3.73. The van der Waals surface area contributed by atoms with E-state index in [9.17, 15) is 9.59 Å². The summed E-state index contributed by atoms with van der Waals surface area (Å²) < 4.78 is 0. The average Bonchev–Trinajstić information content (AvgIpc) is 2.69. The van der Waals surface area contributed by atoms with Crippen LogP contribution in [0.4, 0.5) is 0 Å². The number of benzene rings is 3. The van der Waals surface area contributed by atoms with Crippen LogP contribution < -0.4 is 0 Å². The number of Topliss-reactive ketones (excluding diaryl/α,β-unsaturated/α-hetero) is 2. The highest BCUT2D eigenvalue weighted by molar-refractivity contribution is 6.35. The molecule has 0 fully saturated rings. The van der Waals surface area contributed by atoms with Gasteiger partial charge in [-0.1, -0.05) is 91.0 Å². The van der Waals surface area contributed by atoms with E-state index in [1.807, 2.05) is 30.3 Å². The predicted molar refractivity (Wildman–Crippen MR) is 113 cm³/mol. The molecule has 0 saturated heterocycles. The fourth-order valence-electron chi connectivity index (χ4n) is 2.06. The van der Waals surface area contributed by atoms with E-state index in [0.29, 0.717) is 0 Å². The molecule has 0 aromatic heterocycles. The second-order valence-electron chi connectivity index (χ2n) is 6.07. The summed E-state index contributed by atoms with van der Waals surface area (Å²) in [5, 5.41) is 0. The van der Waals surface area contributed by atoms with Gasteiger partial charge in [0.1, 0.15) is 0 Å². The molecule has 3 rings (SSSR count). The van der Waals surface area contributed by atoms with Crippen LogP contribution in [0, 0.1) is 6.92 Å². The molecular weight excluding hydrogens is 332 g/mol. The van der Waals surface area contributed by atoms with Crippen LogP contribution in [-0.2, 0) is 22.4 Å². The van der Waals surface area contributed by atoms with Crippen LogP contribution in [0.1, 0.15) is 30.5 Å². The first-order chi connectivity index (χ1) is 13.0. The highest BCUT2D eigenvalue weighted by atomic mass is 16.2. The molecule has 1 radical (unpaired) electrons. The number of aryl methyl sites for hydroxylation is 2. The number of carbonyl (C=O) groups excluding carboxylic acids is 2. The molecule has 0 heterocycles. The normalized spacial score (nSPS) is 9.15. The maximum atomic E-state index is 9.79. The maximum absolute atomic E-state index is 9.79. The van der Waals surface area contributed by atoms with Gasteiger partial charge in [0.15, 0.2) is 11.6 Å². The lowest BCUT2D eigenvalue weighted by atomic mass is 10.0. The van der Waals surface area contributed by atoms with E-state index >= 15 is 0 Å². The summed E-state index contributed by atoms with van der Waals surface area (Å²) in [7, 11) is 0. The van der Waals surface area contributed by atoms with E-state index in [4.69, 9.17) is 0 Å². The van der Waals surface area contributed by atoms with Gasteiger partial charge in [-0.15, -0.1) is 0 Å². The van der Waals surface area contributed by atoms with Crippen molar-refractivity contribution in [1.82, 2.24) is 0 Å². The summed E-state index contributed by atoms with van der Waals surface area (Å²) in [6, 6.07) is 31.1. The van der Waals surface area contributed by atoms with Crippen LogP contribution in [0.15, 0.2) is 91.0 Å². The number of ketones is 2. The van der Waals surface area contributed by atoms with Crippen molar-refractivity contribution in [3.8, 4) is 0 Å². The lowest BCUT2D eigenvalue weighted by Crippen LogP contribution is -2.01. The third-order valence-electron chi connectivity index (χ3n) is 3.73. The van der Waals surface area contributed by atoms with Crippen molar-refractivity contribution in [2.75, 3.05) is 0 Å². The summed E-state index contributed by atoms with van der Waals surface area (Å²) in [6.45, 7) is 6.23. The smallest absolute Gasteiger partial charge is 0.195 e. The van der Waals surface area contributed by atoms with Crippen molar-refractivity contribution >= 4 is 11.6 Å². The Kier molecular flexibility index (Phi) is 10.8. The Balaban J connectivity index is 0.000000235. The van der Waals surface area contributed by atoms with Gasteiger partial charge in [-0.3, -0.25) is 9.59 Å². The number of hydrogen-bond donors (Lipinski definition) is 0. The first-order valence-corrected chi connectivity index (χ1v) is 8.95. The van der Waals surface area contributed by atoms with E-state index < -0.39 is 0 Å². The molecule has 0 saturated carbocycles. The highest BCUT2D eigenvalue weighted by Crippen LogP contribution is 2.06. The molecule has 0 aliphatic rings. The van der Waals surface area contributed by atoms with Gasteiger partial charge < -0.3 is 0 Å². The summed E-state index contributed by atoms with van der Waals surface area (Å²) in [6.07, 6.45) is 2.26. The third kappa shape index (κ3) is 11.3. The molecule has 0 bridgehead atoms. The minimum atomic E-state index is -0.380. The monoisotopic (exact) mass is 359 g/mol. The Labute approximate surface area is 162 Å². The Morgan fingerprint density at radius 2 is 0.889 bits per heavy atom. The minimum absolute atomic E-state index is 0.380. The van der Waals surface area contributed by atoms with E-state index in [1.165, 1.54) is 25.0 Å². The topological polar surface area (TPSA) is 34.1 Å². The number of carbonyl (C=O) groups is 2. The molecule has 3 aromatic carbocycles. The van der Waals surface area contributed by atoms with E-state index in [2.05, 4.69) is 67.6 Å². The molecule has 0 N–H and O–H groups in total. The molecule has 3 aromatic rings. The predicted octanol–water partition coefficient (Wildman–Crippen LogP) is 5.50. The molecule has 0 atom stereocenters. The van der Waals surface area contributed by atoms with Gasteiger partial charge in [-0.25, -0.2) is 0 Å². The molecule has 0 aliphatic carbocycles. The first-order valence-electron chi connectivity index (χ1n) is 8.95. The minimum Gasteiger partial charge on any atom is -0.291 e. The fraction of sp³-hybridized carbons (Fsp3) is 0.160. The Bertz CT molecular complexity index is 727. The Morgan fingerprint density at radius 3 is 1.11 bits per heavy atom. The van der Waals surface area contributed by atoms with Crippen molar-refractivity contribution in [2.24, 2.45) is 0 Å². The van der Waals surface area contributed by atoms with Crippen molar-refractivity contribution in [1.29, 1.82) is 0 Å². The van der Waals surface area contributed by atoms with Crippen LogP contribution in [0.5, 0.6) is 0 Å². The number of rotatable bonds is 4. The summed E-state index contributed by atoms with van der Waals surface area (Å²) in [4.78, 5) is 19.6. The van der Waals surface area contributed by atoms with E-state index in [-0.39, 0.29) is 11.6 Å². The Hall–Kier alpha value is -3.00. The zero-order valence-electron chi connectivity index (χ0n) is 16.1. The zero-order valence-corrected chi connectivity index (χ0v) is 16.1. The van der Waals surface area contributed by atoms with Crippen molar-refractivity contribution in [3.63, 3.8) is 0 Å². The molecule has 0 amide bonds. The van der Waals surface area contributed by atoms with Crippen molar-refractivity contribution in [3.05, 3.63) is 115 Å². The van der Waals surface area contributed by atoms with Gasteiger partial charge in [0.25, 0.3) is 0 Å². The molecule has 27 heavy (non-hydrogen) atoms. The van der Waals surface area contributed by atoms with Gasteiger partial charge in [0.2, 0.25) is 0 Å². The van der Waals surface area contributed by atoms with Crippen LogP contribution in [0.3, 0.4) is 0 Å². The zero-order chi connectivity index (χ0) is 19.9. The van der Waals surface area contributed by atoms with Gasteiger partial charge in [0, 0.05) is 13.8 Å². The molecule has 0 aliphatic heterocycles. The van der Waals surface area contributed by atoms with Crippen molar-refractivity contribution < 1.29 is 9.59 Å². The van der Waals surface area contributed by atoms with E-state index in [0.717, 1.165) is 18.4 Å². The maximum Gasteiger partial charge on any atom is 0.195 e. The molecule has 139 valence electrons. The molecule has 0 spiro atoms. The second-order valence-corrected chi connectivity index (χ2v) is 6.07. The van der Waals surface area contributed by atoms with Crippen LogP contribution in [-0.4, -0.2) is 11.6 Å². The summed E-state index contributed by atoms with van der Waals surface area (Å²) in [5.41, 5.74) is 3.90. The van der Waals surface area contributed by atoms with Gasteiger partial charge >= 0.3 is 0 Å². The van der Waals surface area contributed by atoms with Gasteiger partial charge in [-0.2, -0.15) is 0 Å². The molecule has 0 unspecified atom stereocenters. The molecule has 2 nitrogen and oxygen atoms in total. The van der Waals surface area contributed by atoms with E-state index in [1.54, 1.807) is 0 Å². The fourth-order valence-corrected chi connectivity index (χ4v) is 2.06. The first kappa shape index (κ1) is 22.0. The van der Waals surface area contributed by atoms with Crippen LogP contribution in [0.25, 0.3) is 0 Å². The average molecular weight is 359 g/mol. The molecular formula is C25H27O2. The Morgan fingerprint density at radius 1 is 0.593 bits per heavy atom.